The third-order valence-corrected chi connectivity index (χ3v) is 3.68. The number of anilines is 1. The topological polar surface area (TPSA) is 64.2 Å². The molecule has 2 aromatic rings. The Morgan fingerprint density at radius 2 is 2.00 bits per heavy atom. The Balaban J connectivity index is 2.24. The van der Waals surface area contributed by atoms with Gasteiger partial charge >= 0.3 is 0 Å². The number of nitrogens with zero attached hydrogens (tertiary/aromatic N) is 3. The monoisotopic (exact) mass is 292 g/mol. The summed E-state index contributed by atoms with van der Waals surface area (Å²) < 4.78 is 1.49. The Morgan fingerprint density at radius 3 is 2.50 bits per heavy atom. The molecule has 1 aromatic heterocycles. The van der Waals surface area contributed by atoms with Crippen LogP contribution >= 0.6 is 11.6 Å². The minimum Gasteiger partial charge on any atom is -0.396 e. The number of carbonyl (C=O) groups is 1. The van der Waals surface area contributed by atoms with Crippen LogP contribution in [-0.2, 0) is 7.05 Å². The molecule has 0 radical (unpaired) electrons. The molecule has 5 nitrogen and oxygen atoms in total. The number of nitrogens with two attached hydrogens (primary N) is 1. The first kappa shape index (κ1) is 14.4. The number of rotatable bonds is 3. The number of benzene rings is 1. The lowest BCUT2D eigenvalue weighted by atomic mass is 10.1. The molecule has 0 bridgehead atoms. The maximum Gasteiger partial charge on any atom is 0.274 e. The molecule has 6 heteroatoms. The first-order valence-corrected chi connectivity index (χ1v) is 6.59. The molecule has 106 valence electrons. The molecular formula is C14H17ClN4O. The summed E-state index contributed by atoms with van der Waals surface area (Å²) in [6.45, 7) is 1.95. The van der Waals surface area contributed by atoms with Crippen molar-refractivity contribution in [3.63, 3.8) is 0 Å². The van der Waals surface area contributed by atoms with E-state index in [1.165, 1.54) is 10.9 Å². The van der Waals surface area contributed by atoms with E-state index in [9.17, 15) is 4.79 Å². The van der Waals surface area contributed by atoms with Gasteiger partial charge in [-0.15, -0.1) is 0 Å². The largest absolute Gasteiger partial charge is 0.396 e. The van der Waals surface area contributed by atoms with Crippen LogP contribution < -0.4 is 5.73 Å². The maximum absolute atomic E-state index is 12.5. The van der Waals surface area contributed by atoms with Gasteiger partial charge in [0.25, 0.3) is 5.91 Å². The molecule has 2 rings (SSSR count). The highest BCUT2D eigenvalue weighted by Crippen LogP contribution is 2.23. The van der Waals surface area contributed by atoms with Crippen LogP contribution in [-0.4, -0.2) is 27.6 Å². The lowest BCUT2D eigenvalue weighted by Crippen LogP contribution is -2.31. The number of hydrogen-bond donors (Lipinski definition) is 1. The van der Waals surface area contributed by atoms with Gasteiger partial charge in [0, 0.05) is 19.1 Å². The summed E-state index contributed by atoms with van der Waals surface area (Å²) in [7, 11) is 3.44. The van der Waals surface area contributed by atoms with Gasteiger partial charge in [0.05, 0.1) is 17.9 Å². The van der Waals surface area contributed by atoms with Crippen LogP contribution in [0.2, 0.25) is 5.02 Å². The van der Waals surface area contributed by atoms with Crippen molar-refractivity contribution in [3.05, 3.63) is 46.7 Å². The number of hydrogen-bond acceptors (Lipinski definition) is 3. The third kappa shape index (κ3) is 2.63. The van der Waals surface area contributed by atoms with Crippen molar-refractivity contribution in [3.8, 4) is 0 Å². The minimum atomic E-state index is -0.162. The number of nitrogen functional groups attached to an aromatic ring is 1. The van der Waals surface area contributed by atoms with E-state index in [4.69, 9.17) is 17.3 Å². The molecule has 1 amide bonds. The number of carbonyl (C=O) groups excluding carboxylic acids is 1. The van der Waals surface area contributed by atoms with E-state index < -0.39 is 0 Å². The molecule has 0 aliphatic rings. The molecule has 1 atom stereocenters. The second kappa shape index (κ2) is 5.54. The second-order valence-electron chi connectivity index (χ2n) is 4.72. The molecule has 2 N–H and O–H groups in total. The Labute approximate surface area is 122 Å². The molecule has 0 aliphatic carbocycles. The Morgan fingerprint density at radius 1 is 1.40 bits per heavy atom. The summed E-state index contributed by atoms with van der Waals surface area (Å²) in [4.78, 5) is 14.1. The predicted molar refractivity (Wildman–Crippen MR) is 79.6 cm³/mol. The minimum absolute atomic E-state index is 0.0888. The summed E-state index contributed by atoms with van der Waals surface area (Å²) in [5.74, 6) is -0.162. The molecule has 0 saturated heterocycles. The van der Waals surface area contributed by atoms with E-state index in [-0.39, 0.29) is 11.9 Å². The summed E-state index contributed by atoms with van der Waals surface area (Å²) in [6, 6.07) is 7.34. The van der Waals surface area contributed by atoms with Crippen molar-refractivity contribution < 1.29 is 4.79 Å². The van der Waals surface area contributed by atoms with Crippen molar-refractivity contribution in [1.82, 2.24) is 14.7 Å². The van der Waals surface area contributed by atoms with Crippen LogP contribution in [0.25, 0.3) is 0 Å². The fraction of sp³-hybridized carbons (Fsp3) is 0.286. The average molecular weight is 293 g/mol. The highest BCUT2D eigenvalue weighted by Gasteiger charge is 2.23. The fourth-order valence-electron chi connectivity index (χ4n) is 2.02. The van der Waals surface area contributed by atoms with Gasteiger partial charge in [0.2, 0.25) is 0 Å². The normalized spacial score (nSPS) is 12.2. The zero-order chi connectivity index (χ0) is 14.9. The SMILES string of the molecule is CC(c1ccc(Cl)cc1)N(C)C(=O)c1c(N)cnn1C. The zero-order valence-corrected chi connectivity index (χ0v) is 12.4. The van der Waals surface area contributed by atoms with E-state index >= 15 is 0 Å². The molecule has 0 spiro atoms. The predicted octanol–water partition coefficient (Wildman–Crippen LogP) is 2.49. The average Bonchev–Trinajstić information content (AvgIpc) is 2.76. The van der Waals surface area contributed by atoms with Crippen LogP contribution in [0.5, 0.6) is 0 Å². The van der Waals surface area contributed by atoms with Crippen molar-refractivity contribution in [1.29, 1.82) is 0 Å². The third-order valence-electron chi connectivity index (χ3n) is 3.42. The first-order chi connectivity index (χ1) is 9.41. The van der Waals surface area contributed by atoms with Crippen LogP contribution in [0.4, 0.5) is 5.69 Å². The highest BCUT2D eigenvalue weighted by atomic mass is 35.5. The molecule has 1 aromatic carbocycles. The lowest BCUT2D eigenvalue weighted by molar-refractivity contribution is 0.0732. The Bertz CT molecular complexity index is 601. The van der Waals surface area contributed by atoms with Gasteiger partial charge in [-0.2, -0.15) is 5.10 Å². The van der Waals surface area contributed by atoms with Gasteiger partial charge in [-0.25, -0.2) is 0 Å². The lowest BCUT2D eigenvalue weighted by Gasteiger charge is -2.25. The Hall–Kier alpha value is -2.01. The van der Waals surface area contributed by atoms with E-state index in [1.54, 1.807) is 19.0 Å². The van der Waals surface area contributed by atoms with Crippen molar-refractivity contribution in [2.45, 2.75) is 13.0 Å². The van der Waals surface area contributed by atoms with Crippen molar-refractivity contribution in [2.75, 3.05) is 12.8 Å². The molecule has 20 heavy (non-hydrogen) atoms. The fourth-order valence-corrected chi connectivity index (χ4v) is 2.15. The van der Waals surface area contributed by atoms with Gasteiger partial charge < -0.3 is 10.6 Å². The highest BCUT2D eigenvalue weighted by molar-refractivity contribution is 6.30. The van der Waals surface area contributed by atoms with Crippen LogP contribution in [0.3, 0.4) is 0 Å². The van der Waals surface area contributed by atoms with Gasteiger partial charge in [-0.1, -0.05) is 23.7 Å². The van der Waals surface area contributed by atoms with Gasteiger partial charge in [0.1, 0.15) is 5.69 Å². The summed E-state index contributed by atoms with van der Waals surface area (Å²) in [5.41, 5.74) is 7.57. The number of aryl methyl sites for hydroxylation is 1. The number of amides is 1. The van der Waals surface area contributed by atoms with Gasteiger partial charge in [0.15, 0.2) is 0 Å². The summed E-state index contributed by atoms with van der Waals surface area (Å²) in [6.07, 6.45) is 1.48. The smallest absolute Gasteiger partial charge is 0.274 e. The standard InChI is InChI=1S/C14H17ClN4O/c1-9(10-4-6-11(15)7-5-10)18(2)14(20)13-12(16)8-17-19(13)3/h4-9H,16H2,1-3H3. The zero-order valence-electron chi connectivity index (χ0n) is 11.7. The Kier molecular flexibility index (Phi) is 3.99. The molecule has 1 unspecified atom stereocenters. The van der Waals surface area contributed by atoms with E-state index in [0.717, 1.165) is 5.56 Å². The molecule has 0 fully saturated rings. The van der Waals surface area contributed by atoms with Crippen LogP contribution in [0.1, 0.15) is 29.0 Å². The number of halogens is 1. The molecular weight excluding hydrogens is 276 g/mol. The molecule has 0 saturated carbocycles. The quantitative estimate of drug-likeness (QED) is 0.945. The number of aromatic nitrogens is 2. The first-order valence-electron chi connectivity index (χ1n) is 6.22. The van der Waals surface area contributed by atoms with Crippen molar-refractivity contribution >= 4 is 23.2 Å². The van der Waals surface area contributed by atoms with Gasteiger partial charge in [-0.3, -0.25) is 9.48 Å². The van der Waals surface area contributed by atoms with Crippen LogP contribution in [0, 0.1) is 0 Å². The molecule has 0 aliphatic heterocycles. The molecule has 1 heterocycles. The van der Waals surface area contributed by atoms with E-state index in [1.807, 2.05) is 31.2 Å². The summed E-state index contributed by atoms with van der Waals surface area (Å²) >= 11 is 5.87. The van der Waals surface area contributed by atoms with Crippen molar-refractivity contribution in [2.24, 2.45) is 7.05 Å². The summed E-state index contributed by atoms with van der Waals surface area (Å²) in [5, 5.41) is 4.66. The van der Waals surface area contributed by atoms with Gasteiger partial charge in [-0.05, 0) is 24.6 Å². The van der Waals surface area contributed by atoms with E-state index in [2.05, 4.69) is 5.10 Å². The van der Waals surface area contributed by atoms with E-state index in [0.29, 0.717) is 16.4 Å². The second-order valence-corrected chi connectivity index (χ2v) is 5.15. The van der Waals surface area contributed by atoms with Crippen LogP contribution in [0.15, 0.2) is 30.5 Å². The maximum atomic E-state index is 12.5.